The van der Waals surface area contributed by atoms with Crippen LogP contribution in [0, 0.1) is 0 Å². The monoisotopic (exact) mass is 620 g/mol. The van der Waals surface area contributed by atoms with Gasteiger partial charge < -0.3 is 24.6 Å². The summed E-state index contributed by atoms with van der Waals surface area (Å²) >= 11 is 0. The Hall–Kier alpha value is -4.78. The van der Waals surface area contributed by atoms with Gasteiger partial charge in [-0.2, -0.15) is 0 Å². The van der Waals surface area contributed by atoms with Gasteiger partial charge in [-0.15, -0.1) is 0 Å². The Bertz CT molecular complexity index is 1430. The Morgan fingerprint density at radius 1 is 1.02 bits per heavy atom. The summed E-state index contributed by atoms with van der Waals surface area (Å²) in [4.78, 5) is 64.4. The fraction of sp³-hybridized carbons (Fsp3) is 0.438. The van der Waals surface area contributed by atoms with Crippen LogP contribution in [0.1, 0.15) is 62.8 Å². The lowest BCUT2D eigenvalue weighted by atomic mass is 10.1. The van der Waals surface area contributed by atoms with Gasteiger partial charge in [-0.25, -0.2) is 14.8 Å². The van der Waals surface area contributed by atoms with Crippen molar-refractivity contribution in [1.82, 2.24) is 30.1 Å². The summed E-state index contributed by atoms with van der Waals surface area (Å²) in [5, 5.41) is 14.2. The molecule has 0 bridgehead atoms. The second kappa shape index (κ2) is 14.8. The Kier molecular flexibility index (Phi) is 10.9. The molecule has 1 aromatic heterocycles. The maximum absolute atomic E-state index is 13.8. The number of nitrogens with one attached hydrogen (secondary N) is 1. The number of aromatic nitrogens is 2. The van der Waals surface area contributed by atoms with Crippen LogP contribution in [0.5, 0.6) is 0 Å². The van der Waals surface area contributed by atoms with E-state index in [9.17, 15) is 24.4 Å². The number of rotatable bonds is 9. The molecule has 0 aliphatic carbocycles. The summed E-state index contributed by atoms with van der Waals surface area (Å²) in [5.74, 6) is -1.28. The highest BCUT2D eigenvalue weighted by Crippen LogP contribution is 2.25. The Balaban J connectivity index is 1.59. The summed E-state index contributed by atoms with van der Waals surface area (Å²) < 4.78 is 10.5. The van der Waals surface area contributed by atoms with Gasteiger partial charge in [-0.3, -0.25) is 24.7 Å². The molecular weight excluding hydrogens is 580 g/mol. The van der Waals surface area contributed by atoms with Crippen LogP contribution >= 0.6 is 0 Å². The van der Waals surface area contributed by atoms with Crippen LogP contribution in [0.25, 0.3) is 11.4 Å². The number of benzene rings is 1. The van der Waals surface area contributed by atoms with E-state index in [0.29, 0.717) is 11.3 Å². The first-order valence-electron chi connectivity index (χ1n) is 14.9. The number of carbonyl (C=O) groups is 4. The molecule has 2 N–H and O–H groups in total. The number of amides is 3. The van der Waals surface area contributed by atoms with Crippen LogP contribution in [-0.4, -0.2) is 98.3 Å². The van der Waals surface area contributed by atoms with Crippen molar-refractivity contribution in [2.75, 3.05) is 32.8 Å². The third-order valence-electron chi connectivity index (χ3n) is 7.02. The number of esters is 1. The molecule has 1 unspecified atom stereocenters. The molecule has 2 atom stereocenters. The molecule has 1 saturated heterocycles. The zero-order chi connectivity index (χ0) is 32.6. The third-order valence-corrected chi connectivity index (χ3v) is 7.02. The summed E-state index contributed by atoms with van der Waals surface area (Å²) in [6.07, 6.45) is 6.05. The second-order valence-corrected chi connectivity index (χ2v) is 11.6. The summed E-state index contributed by atoms with van der Waals surface area (Å²) in [6, 6.07) is 8.80. The fourth-order valence-electron chi connectivity index (χ4n) is 4.86. The first kappa shape index (κ1) is 33.1. The molecule has 1 aromatic carbocycles. The fourth-order valence-corrected chi connectivity index (χ4v) is 4.86. The van der Waals surface area contributed by atoms with E-state index in [1.807, 2.05) is 18.2 Å². The minimum absolute atomic E-state index is 0.0123. The Morgan fingerprint density at radius 3 is 2.36 bits per heavy atom. The molecule has 1 fully saturated rings. The lowest BCUT2D eigenvalue weighted by molar-refractivity contribution is -0.155. The van der Waals surface area contributed by atoms with E-state index in [-0.39, 0.29) is 57.1 Å². The SMILES string of the molecule is CCOC(=O)N1CCN(C(=O)[C@H](CCC(=O)OC(C)(C)C)NC(=O)c2cc(C3C=CC=CN3O)nc(-c3ccccc3)n2)CC1. The predicted molar refractivity (Wildman–Crippen MR) is 164 cm³/mol. The van der Waals surface area contributed by atoms with Crippen molar-refractivity contribution < 1.29 is 33.9 Å². The summed E-state index contributed by atoms with van der Waals surface area (Å²) in [7, 11) is 0. The molecule has 3 amide bonds. The number of piperazine rings is 1. The summed E-state index contributed by atoms with van der Waals surface area (Å²) in [6.45, 7) is 8.24. The highest BCUT2D eigenvalue weighted by Gasteiger charge is 2.32. The standard InChI is InChI=1S/C32H40N6O7/c1-5-44-31(42)37-19-17-36(18-20-37)30(41)23(14-15-27(39)45-32(2,3)4)35-29(40)25-21-24(26-13-9-10-16-38(26)43)33-28(34-25)22-11-7-6-8-12-22/h6-13,16,21,23,26,43H,5,14-15,17-20H2,1-4H3,(H,35,40)/t23-,26?/m0/s1. The largest absolute Gasteiger partial charge is 0.460 e. The van der Waals surface area contributed by atoms with Crippen molar-refractivity contribution >= 4 is 23.9 Å². The minimum Gasteiger partial charge on any atom is -0.460 e. The zero-order valence-electron chi connectivity index (χ0n) is 26.0. The van der Waals surface area contributed by atoms with Crippen LogP contribution in [0.3, 0.4) is 0 Å². The molecule has 3 heterocycles. The van der Waals surface area contributed by atoms with E-state index in [4.69, 9.17) is 9.47 Å². The van der Waals surface area contributed by atoms with Crippen molar-refractivity contribution in [1.29, 1.82) is 0 Å². The molecule has 0 saturated carbocycles. The van der Waals surface area contributed by atoms with Crippen molar-refractivity contribution in [3.63, 3.8) is 0 Å². The maximum Gasteiger partial charge on any atom is 0.409 e. The molecule has 13 heteroatoms. The van der Waals surface area contributed by atoms with Gasteiger partial charge in [-0.05, 0) is 46.3 Å². The van der Waals surface area contributed by atoms with Crippen LogP contribution < -0.4 is 5.32 Å². The Morgan fingerprint density at radius 2 is 1.71 bits per heavy atom. The molecular formula is C32H40N6O7. The molecule has 45 heavy (non-hydrogen) atoms. The van der Waals surface area contributed by atoms with Crippen LogP contribution in [0.4, 0.5) is 4.79 Å². The van der Waals surface area contributed by atoms with E-state index in [0.717, 1.165) is 5.06 Å². The molecule has 13 nitrogen and oxygen atoms in total. The smallest absolute Gasteiger partial charge is 0.409 e. The van der Waals surface area contributed by atoms with E-state index >= 15 is 0 Å². The van der Waals surface area contributed by atoms with Crippen LogP contribution in [-0.2, 0) is 19.1 Å². The molecule has 240 valence electrons. The van der Waals surface area contributed by atoms with Crippen LogP contribution in [0.15, 0.2) is 60.8 Å². The molecule has 0 spiro atoms. The van der Waals surface area contributed by atoms with E-state index in [1.54, 1.807) is 63.0 Å². The average molecular weight is 621 g/mol. The molecule has 0 radical (unpaired) electrons. The van der Waals surface area contributed by atoms with Crippen molar-refractivity contribution in [3.8, 4) is 11.4 Å². The van der Waals surface area contributed by atoms with Crippen molar-refractivity contribution in [2.45, 2.75) is 58.2 Å². The van der Waals surface area contributed by atoms with Gasteiger partial charge in [-0.1, -0.05) is 42.5 Å². The lowest BCUT2D eigenvalue weighted by Gasteiger charge is -2.36. The first-order valence-corrected chi connectivity index (χ1v) is 14.9. The van der Waals surface area contributed by atoms with Gasteiger partial charge in [0.05, 0.1) is 12.3 Å². The van der Waals surface area contributed by atoms with Crippen LogP contribution in [0.2, 0.25) is 0 Å². The molecule has 2 aromatic rings. The number of allylic oxidation sites excluding steroid dienone is 2. The second-order valence-electron chi connectivity index (χ2n) is 11.6. The minimum atomic E-state index is -1.08. The van der Waals surface area contributed by atoms with E-state index in [2.05, 4.69) is 15.3 Å². The number of nitrogens with zero attached hydrogens (tertiary/aromatic N) is 5. The van der Waals surface area contributed by atoms with Gasteiger partial charge in [0.1, 0.15) is 23.4 Å². The first-order chi connectivity index (χ1) is 21.4. The van der Waals surface area contributed by atoms with Gasteiger partial charge >= 0.3 is 12.1 Å². The zero-order valence-corrected chi connectivity index (χ0v) is 26.0. The van der Waals surface area contributed by atoms with Crippen molar-refractivity contribution in [2.24, 2.45) is 0 Å². The number of hydroxylamine groups is 2. The van der Waals surface area contributed by atoms with E-state index in [1.165, 1.54) is 17.2 Å². The number of ether oxygens (including phenoxy) is 2. The van der Waals surface area contributed by atoms with Gasteiger partial charge in [0.2, 0.25) is 5.91 Å². The number of hydrogen-bond acceptors (Lipinski definition) is 10. The molecule has 4 rings (SSSR count). The average Bonchev–Trinajstić information content (AvgIpc) is 3.02. The molecule has 2 aliphatic rings. The highest BCUT2D eigenvalue weighted by atomic mass is 16.6. The normalized spacial score (nSPS) is 17.1. The highest BCUT2D eigenvalue weighted by molar-refractivity contribution is 5.96. The van der Waals surface area contributed by atoms with Gasteiger partial charge in [0.25, 0.3) is 5.91 Å². The summed E-state index contributed by atoms with van der Waals surface area (Å²) in [5.41, 5.74) is 0.295. The predicted octanol–water partition coefficient (Wildman–Crippen LogP) is 3.48. The number of hydrogen-bond donors (Lipinski definition) is 2. The Labute approximate surface area is 262 Å². The maximum atomic E-state index is 13.8. The number of carbonyl (C=O) groups excluding carboxylic acids is 4. The van der Waals surface area contributed by atoms with Gasteiger partial charge in [0.15, 0.2) is 5.82 Å². The molecule has 2 aliphatic heterocycles. The third kappa shape index (κ3) is 9.11. The lowest BCUT2D eigenvalue weighted by Crippen LogP contribution is -2.56. The van der Waals surface area contributed by atoms with Crippen molar-refractivity contribution in [3.05, 3.63) is 72.2 Å². The van der Waals surface area contributed by atoms with E-state index < -0.39 is 41.6 Å². The quantitative estimate of drug-likeness (QED) is 0.398. The topological polar surface area (TPSA) is 154 Å². The van der Waals surface area contributed by atoms with Gasteiger partial charge in [0, 0.05) is 44.4 Å².